The zero-order valence-electron chi connectivity index (χ0n) is 13.3. The molecule has 1 aliphatic rings. The van der Waals surface area contributed by atoms with Crippen LogP contribution in [0.1, 0.15) is 34.0 Å². The number of hydrogen-bond acceptors (Lipinski definition) is 5. The number of carboxylic acid groups (broad SMARTS) is 1. The smallest absolute Gasteiger partial charge is 0.335 e. The van der Waals surface area contributed by atoms with Crippen molar-refractivity contribution in [2.75, 3.05) is 19.3 Å². The summed E-state index contributed by atoms with van der Waals surface area (Å²) in [7, 11) is -3.28. The number of sulfone groups is 1. The molecule has 1 aromatic heterocycles. The van der Waals surface area contributed by atoms with Crippen molar-refractivity contribution in [1.29, 1.82) is 0 Å². The second-order valence-corrected chi connectivity index (χ2v) is 8.13. The van der Waals surface area contributed by atoms with Crippen molar-refractivity contribution in [1.82, 2.24) is 15.1 Å². The molecule has 2 heterocycles. The average molecular weight is 349 g/mol. The van der Waals surface area contributed by atoms with Crippen LogP contribution in [0.3, 0.4) is 0 Å². The second-order valence-electron chi connectivity index (χ2n) is 6.14. The van der Waals surface area contributed by atoms with E-state index in [-0.39, 0.29) is 16.4 Å². The molecule has 1 atom stereocenters. The van der Waals surface area contributed by atoms with Gasteiger partial charge in [-0.2, -0.15) is 5.10 Å². The molecule has 1 unspecified atom stereocenters. The molecule has 128 valence electrons. The molecule has 1 aromatic carbocycles. The predicted octanol–water partition coefficient (Wildman–Crippen LogP) is 1.50. The Labute approximate surface area is 140 Å². The quantitative estimate of drug-likeness (QED) is 0.848. The van der Waals surface area contributed by atoms with Gasteiger partial charge in [0.25, 0.3) is 0 Å². The standard InChI is InChI=1S/C16H19N3O4S/c1-24(22,23)14-8-17-18-15(14)13-6-7-19(10-13)9-11-2-4-12(5-3-11)16(20)21/h2-5,8,13H,6-7,9-10H2,1H3,(H,17,18)(H,20,21). The second kappa shape index (κ2) is 6.37. The van der Waals surface area contributed by atoms with E-state index in [1.165, 1.54) is 12.5 Å². The first-order chi connectivity index (χ1) is 11.3. The molecule has 0 aliphatic carbocycles. The van der Waals surface area contributed by atoms with Gasteiger partial charge in [-0.3, -0.25) is 10.00 Å². The molecular weight excluding hydrogens is 330 g/mol. The van der Waals surface area contributed by atoms with Crippen LogP contribution < -0.4 is 0 Å². The van der Waals surface area contributed by atoms with Gasteiger partial charge in [0.05, 0.1) is 17.5 Å². The van der Waals surface area contributed by atoms with Gasteiger partial charge in [0.15, 0.2) is 9.84 Å². The average Bonchev–Trinajstić information content (AvgIpc) is 3.15. The number of aromatic nitrogens is 2. The first-order valence-corrected chi connectivity index (χ1v) is 9.51. The lowest BCUT2D eigenvalue weighted by Crippen LogP contribution is -2.20. The van der Waals surface area contributed by atoms with E-state index in [0.717, 1.165) is 25.1 Å². The highest BCUT2D eigenvalue weighted by Gasteiger charge is 2.29. The summed E-state index contributed by atoms with van der Waals surface area (Å²) in [5.74, 6) is -0.828. The molecule has 7 nitrogen and oxygen atoms in total. The van der Waals surface area contributed by atoms with Gasteiger partial charge in [-0.05, 0) is 30.7 Å². The number of carbonyl (C=O) groups is 1. The Balaban J connectivity index is 1.68. The number of rotatable bonds is 5. The van der Waals surface area contributed by atoms with Crippen LogP contribution in [0.5, 0.6) is 0 Å². The third kappa shape index (κ3) is 3.49. The van der Waals surface area contributed by atoms with Crippen molar-refractivity contribution in [2.24, 2.45) is 0 Å². The number of nitrogens with one attached hydrogen (secondary N) is 1. The van der Waals surface area contributed by atoms with Gasteiger partial charge in [-0.25, -0.2) is 13.2 Å². The molecular formula is C16H19N3O4S. The summed E-state index contributed by atoms with van der Waals surface area (Å²) < 4.78 is 23.6. The van der Waals surface area contributed by atoms with Crippen LogP contribution in [-0.2, 0) is 16.4 Å². The van der Waals surface area contributed by atoms with E-state index in [2.05, 4.69) is 15.1 Å². The molecule has 0 amide bonds. The Kier molecular flexibility index (Phi) is 4.42. The van der Waals surface area contributed by atoms with Crippen LogP contribution in [0.15, 0.2) is 35.4 Å². The molecule has 1 aliphatic heterocycles. The van der Waals surface area contributed by atoms with Crippen LogP contribution in [0.2, 0.25) is 0 Å². The highest BCUT2D eigenvalue weighted by molar-refractivity contribution is 7.90. The van der Waals surface area contributed by atoms with Gasteiger partial charge in [0, 0.05) is 25.3 Å². The highest BCUT2D eigenvalue weighted by atomic mass is 32.2. The minimum Gasteiger partial charge on any atom is -0.478 e. The predicted molar refractivity (Wildman–Crippen MR) is 87.7 cm³/mol. The third-order valence-corrected chi connectivity index (χ3v) is 5.44. The zero-order chi connectivity index (χ0) is 17.3. The van der Waals surface area contributed by atoms with E-state index in [4.69, 9.17) is 5.11 Å². The van der Waals surface area contributed by atoms with E-state index < -0.39 is 15.8 Å². The number of benzene rings is 1. The largest absolute Gasteiger partial charge is 0.478 e. The summed E-state index contributed by atoms with van der Waals surface area (Å²) in [6.07, 6.45) is 3.42. The monoisotopic (exact) mass is 349 g/mol. The van der Waals surface area contributed by atoms with Crippen molar-refractivity contribution in [3.63, 3.8) is 0 Å². The lowest BCUT2D eigenvalue weighted by Gasteiger charge is -2.16. The van der Waals surface area contributed by atoms with E-state index >= 15 is 0 Å². The third-order valence-electron chi connectivity index (χ3n) is 4.32. The highest BCUT2D eigenvalue weighted by Crippen LogP contribution is 2.30. The zero-order valence-corrected chi connectivity index (χ0v) is 14.1. The van der Waals surface area contributed by atoms with Crippen LogP contribution in [0.25, 0.3) is 0 Å². The Morgan fingerprint density at radius 1 is 1.38 bits per heavy atom. The number of aromatic carboxylic acids is 1. The van der Waals surface area contributed by atoms with E-state index in [1.807, 2.05) is 12.1 Å². The number of hydrogen-bond donors (Lipinski definition) is 2. The minimum absolute atomic E-state index is 0.107. The summed E-state index contributed by atoms with van der Waals surface area (Å²) in [5, 5.41) is 15.7. The molecule has 2 N–H and O–H groups in total. The number of aromatic amines is 1. The molecule has 3 rings (SSSR count). The van der Waals surface area contributed by atoms with Crippen LogP contribution in [0, 0.1) is 0 Å². The van der Waals surface area contributed by atoms with Gasteiger partial charge in [-0.1, -0.05) is 12.1 Å². The van der Waals surface area contributed by atoms with Gasteiger partial charge < -0.3 is 5.11 Å². The Morgan fingerprint density at radius 3 is 2.71 bits per heavy atom. The van der Waals surface area contributed by atoms with Gasteiger partial charge in [0.2, 0.25) is 0 Å². The maximum atomic E-state index is 11.8. The van der Waals surface area contributed by atoms with E-state index in [9.17, 15) is 13.2 Å². The molecule has 0 bridgehead atoms. The summed E-state index contributed by atoms with van der Waals surface area (Å²) in [5.41, 5.74) is 1.99. The number of H-pyrrole nitrogens is 1. The Hall–Kier alpha value is -2.19. The molecule has 0 spiro atoms. The first kappa shape index (κ1) is 16.7. The molecule has 1 saturated heterocycles. The molecule has 24 heavy (non-hydrogen) atoms. The molecule has 1 fully saturated rings. The minimum atomic E-state index is -3.28. The van der Waals surface area contributed by atoms with Crippen LogP contribution >= 0.6 is 0 Å². The van der Waals surface area contributed by atoms with Gasteiger partial charge in [-0.15, -0.1) is 0 Å². The first-order valence-electron chi connectivity index (χ1n) is 7.62. The fourth-order valence-electron chi connectivity index (χ4n) is 3.10. The van der Waals surface area contributed by atoms with Crippen molar-refractivity contribution < 1.29 is 18.3 Å². The maximum Gasteiger partial charge on any atom is 0.335 e. The summed E-state index contributed by atoms with van der Waals surface area (Å²) in [6.45, 7) is 2.30. The summed E-state index contributed by atoms with van der Waals surface area (Å²) in [4.78, 5) is 13.4. The number of nitrogens with zero attached hydrogens (tertiary/aromatic N) is 2. The lowest BCUT2D eigenvalue weighted by atomic mass is 10.1. The summed E-state index contributed by atoms with van der Waals surface area (Å²) >= 11 is 0. The van der Waals surface area contributed by atoms with E-state index in [1.54, 1.807) is 12.1 Å². The topological polar surface area (TPSA) is 103 Å². The van der Waals surface area contributed by atoms with Crippen molar-refractivity contribution in [3.8, 4) is 0 Å². The van der Waals surface area contributed by atoms with Crippen molar-refractivity contribution in [3.05, 3.63) is 47.3 Å². The Morgan fingerprint density at radius 2 is 2.08 bits per heavy atom. The van der Waals surface area contributed by atoms with E-state index in [0.29, 0.717) is 12.2 Å². The van der Waals surface area contributed by atoms with Crippen molar-refractivity contribution in [2.45, 2.75) is 23.8 Å². The molecule has 0 radical (unpaired) electrons. The SMILES string of the molecule is CS(=O)(=O)c1cn[nH]c1C1CCN(Cc2ccc(C(=O)O)cc2)C1. The van der Waals surface area contributed by atoms with Gasteiger partial charge in [0.1, 0.15) is 4.90 Å². The fraction of sp³-hybridized carbons (Fsp3) is 0.375. The maximum absolute atomic E-state index is 11.8. The number of likely N-dealkylation sites (tertiary alicyclic amines) is 1. The fourth-order valence-corrected chi connectivity index (χ4v) is 3.95. The Bertz CT molecular complexity index is 842. The van der Waals surface area contributed by atoms with Crippen LogP contribution in [-0.4, -0.2) is 53.9 Å². The van der Waals surface area contributed by atoms with Crippen LogP contribution in [0.4, 0.5) is 0 Å². The van der Waals surface area contributed by atoms with Crippen molar-refractivity contribution >= 4 is 15.8 Å². The molecule has 8 heteroatoms. The normalized spacial score (nSPS) is 18.8. The molecule has 0 saturated carbocycles. The number of carboxylic acids is 1. The lowest BCUT2D eigenvalue weighted by molar-refractivity contribution is 0.0697. The molecule has 2 aromatic rings. The summed E-state index contributed by atoms with van der Waals surface area (Å²) in [6, 6.07) is 6.83. The van der Waals surface area contributed by atoms with Gasteiger partial charge >= 0.3 is 5.97 Å².